The van der Waals surface area contributed by atoms with Crippen LogP contribution < -0.4 is 4.90 Å². The first kappa shape index (κ1) is 14.0. The highest BCUT2D eigenvalue weighted by atomic mass is 32.3. The average molecular weight is 290 g/mol. The van der Waals surface area contributed by atoms with E-state index in [1.54, 1.807) is 6.07 Å². The smallest absolute Gasteiger partial charge is 0.302 e. The second kappa shape index (κ2) is 5.28. The van der Waals surface area contributed by atoms with Gasteiger partial charge >= 0.3 is 10.2 Å². The van der Waals surface area contributed by atoms with Crippen LogP contribution in [-0.2, 0) is 21.4 Å². The fourth-order valence-corrected chi connectivity index (χ4v) is 2.98. The largest absolute Gasteiger partial charge is 0.338 e. The number of hydrogen-bond acceptors (Lipinski definition) is 5. The second-order valence-corrected chi connectivity index (χ2v) is 6.10. The summed E-state index contributed by atoms with van der Waals surface area (Å²) in [5, 5.41) is 3.82. The third kappa shape index (κ3) is 3.52. The van der Waals surface area contributed by atoms with E-state index >= 15 is 0 Å². The van der Waals surface area contributed by atoms with Gasteiger partial charge in [0.2, 0.25) is 11.8 Å². The van der Waals surface area contributed by atoms with Gasteiger partial charge in [-0.2, -0.15) is 8.42 Å². The molecule has 0 aromatic carbocycles. The van der Waals surface area contributed by atoms with Gasteiger partial charge in [0.25, 0.3) is 0 Å². The lowest BCUT2D eigenvalue weighted by atomic mass is 10.1. The molecule has 1 aliphatic rings. The highest BCUT2D eigenvalue weighted by Crippen LogP contribution is 2.27. The Bertz CT molecular complexity index is 569. The standard InChI is InChI=1S/C11H15FN2O4S/c1-2-3-9-5-11(18-13-9)14-6-8(4-10(14)15)7-19(12,16)17/h5,8H,2-4,6-7H2,1H3. The monoisotopic (exact) mass is 290 g/mol. The molecule has 2 heterocycles. The Labute approximate surface area is 110 Å². The first-order valence-corrected chi connectivity index (χ1v) is 7.62. The predicted molar refractivity (Wildman–Crippen MR) is 65.9 cm³/mol. The van der Waals surface area contributed by atoms with E-state index in [0.717, 1.165) is 18.5 Å². The molecule has 1 aromatic heterocycles. The van der Waals surface area contributed by atoms with Crippen molar-refractivity contribution in [3.63, 3.8) is 0 Å². The molecule has 0 bridgehead atoms. The van der Waals surface area contributed by atoms with Crippen LogP contribution in [0.3, 0.4) is 0 Å². The van der Waals surface area contributed by atoms with Crippen LogP contribution in [0.5, 0.6) is 0 Å². The van der Waals surface area contributed by atoms with Crippen LogP contribution in [-0.4, -0.2) is 31.8 Å². The summed E-state index contributed by atoms with van der Waals surface area (Å²) in [5.41, 5.74) is 0.742. The molecule has 1 aliphatic heterocycles. The maximum absolute atomic E-state index is 12.6. The lowest BCUT2D eigenvalue weighted by molar-refractivity contribution is -0.117. The molecule has 1 aromatic rings. The molecule has 1 fully saturated rings. The Kier molecular flexibility index (Phi) is 3.88. The topological polar surface area (TPSA) is 80.5 Å². The van der Waals surface area contributed by atoms with Crippen molar-refractivity contribution < 1.29 is 21.6 Å². The molecule has 0 spiro atoms. The van der Waals surface area contributed by atoms with Gasteiger partial charge in [0.1, 0.15) is 0 Å². The van der Waals surface area contributed by atoms with Gasteiger partial charge in [-0.3, -0.25) is 9.69 Å². The molecule has 1 atom stereocenters. The summed E-state index contributed by atoms with van der Waals surface area (Å²) in [4.78, 5) is 13.1. The molecule has 0 N–H and O–H groups in total. The number of aromatic nitrogens is 1. The third-order valence-electron chi connectivity index (χ3n) is 2.96. The van der Waals surface area contributed by atoms with Crippen LogP contribution in [0.25, 0.3) is 0 Å². The van der Waals surface area contributed by atoms with Crippen molar-refractivity contribution in [2.45, 2.75) is 26.2 Å². The molecule has 2 rings (SSSR count). The summed E-state index contributed by atoms with van der Waals surface area (Å²) in [7, 11) is -4.57. The van der Waals surface area contributed by atoms with E-state index in [1.165, 1.54) is 4.90 Å². The molecular weight excluding hydrogens is 275 g/mol. The maximum atomic E-state index is 12.6. The van der Waals surface area contributed by atoms with Crippen molar-refractivity contribution in [1.29, 1.82) is 0 Å². The van der Waals surface area contributed by atoms with Gasteiger partial charge in [0.05, 0.1) is 11.4 Å². The van der Waals surface area contributed by atoms with Gasteiger partial charge in [0, 0.05) is 24.9 Å². The second-order valence-electron chi connectivity index (χ2n) is 4.69. The van der Waals surface area contributed by atoms with Gasteiger partial charge in [-0.25, -0.2) is 0 Å². The van der Waals surface area contributed by atoms with Crippen molar-refractivity contribution in [3.05, 3.63) is 11.8 Å². The zero-order valence-electron chi connectivity index (χ0n) is 10.5. The Morgan fingerprint density at radius 3 is 2.95 bits per heavy atom. The van der Waals surface area contributed by atoms with E-state index in [4.69, 9.17) is 4.52 Å². The van der Waals surface area contributed by atoms with E-state index < -0.39 is 21.9 Å². The summed E-state index contributed by atoms with van der Waals surface area (Å²) in [6.07, 6.45) is 1.66. The molecule has 0 aliphatic carbocycles. The summed E-state index contributed by atoms with van der Waals surface area (Å²) in [6.45, 7) is 2.14. The van der Waals surface area contributed by atoms with Gasteiger partial charge in [-0.05, 0) is 6.42 Å². The lowest BCUT2D eigenvalue weighted by Gasteiger charge is -2.11. The van der Waals surface area contributed by atoms with E-state index in [2.05, 4.69) is 5.16 Å². The molecule has 106 valence electrons. The molecule has 1 unspecified atom stereocenters. The van der Waals surface area contributed by atoms with Crippen molar-refractivity contribution in [2.75, 3.05) is 17.2 Å². The lowest BCUT2D eigenvalue weighted by Crippen LogP contribution is -2.24. The Hall–Kier alpha value is -1.44. The van der Waals surface area contributed by atoms with Crippen molar-refractivity contribution in [2.24, 2.45) is 5.92 Å². The van der Waals surface area contributed by atoms with E-state index in [9.17, 15) is 17.1 Å². The van der Waals surface area contributed by atoms with Crippen LogP contribution >= 0.6 is 0 Å². The molecule has 6 nitrogen and oxygen atoms in total. The van der Waals surface area contributed by atoms with Crippen molar-refractivity contribution >= 4 is 22.0 Å². The number of anilines is 1. The third-order valence-corrected chi connectivity index (χ3v) is 3.83. The number of carbonyl (C=O) groups is 1. The van der Waals surface area contributed by atoms with E-state index in [-0.39, 0.29) is 18.9 Å². The Balaban J connectivity index is 2.06. The van der Waals surface area contributed by atoms with Crippen molar-refractivity contribution in [1.82, 2.24) is 5.16 Å². The summed E-state index contributed by atoms with van der Waals surface area (Å²) < 4.78 is 38.9. The minimum absolute atomic E-state index is 0.00691. The van der Waals surface area contributed by atoms with Crippen LogP contribution in [0, 0.1) is 5.92 Å². The summed E-state index contributed by atoms with van der Waals surface area (Å²) in [5.74, 6) is -1.15. The minimum atomic E-state index is -4.57. The Morgan fingerprint density at radius 1 is 1.58 bits per heavy atom. The molecule has 0 saturated carbocycles. The number of rotatable bonds is 5. The fraction of sp³-hybridized carbons (Fsp3) is 0.636. The molecule has 8 heteroatoms. The molecule has 1 amide bonds. The number of nitrogens with zero attached hydrogens (tertiary/aromatic N) is 2. The highest BCUT2D eigenvalue weighted by Gasteiger charge is 2.35. The summed E-state index contributed by atoms with van der Waals surface area (Å²) in [6, 6.07) is 1.66. The number of carbonyl (C=O) groups excluding carboxylic acids is 1. The molecule has 19 heavy (non-hydrogen) atoms. The normalized spacial score (nSPS) is 20.2. The Morgan fingerprint density at radius 2 is 2.32 bits per heavy atom. The van der Waals surface area contributed by atoms with Gasteiger partial charge < -0.3 is 4.52 Å². The minimum Gasteiger partial charge on any atom is -0.338 e. The molecule has 0 radical (unpaired) electrons. The fourth-order valence-electron chi connectivity index (χ4n) is 2.19. The first-order chi connectivity index (χ1) is 8.89. The zero-order chi connectivity index (χ0) is 14.0. The van der Waals surface area contributed by atoms with Crippen LogP contribution in [0.4, 0.5) is 9.77 Å². The SMILES string of the molecule is CCCc1cc(N2CC(CS(=O)(=O)F)CC2=O)on1. The van der Waals surface area contributed by atoms with Gasteiger partial charge in [-0.1, -0.05) is 18.5 Å². The van der Waals surface area contributed by atoms with Crippen LogP contribution in [0.15, 0.2) is 10.6 Å². The van der Waals surface area contributed by atoms with Crippen LogP contribution in [0.1, 0.15) is 25.5 Å². The number of hydrogen-bond donors (Lipinski definition) is 0. The number of halogens is 1. The first-order valence-electron chi connectivity index (χ1n) is 6.07. The van der Waals surface area contributed by atoms with Gasteiger partial charge in [-0.15, -0.1) is 3.89 Å². The van der Waals surface area contributed by atoms with Gasteiger partial charge in [0.15, 0.2) is 0 Å². The zero-order valence-corrected chi connectivity index (χ0v) is 11.3. The predicted octanol–water partition coefficient (Wildman–Crippen LogP) is 1.28. The maximum Gasteiger partial charge on any atom is 0.302 e. The van der Waals surface area contributed by atoms with E-state index in [0.29, 0.717) is 5.88 Å². The molecular formula is C11H15FN2O4S. The molecule has 1 saturated heterocycles. The number of amides is 1. The average Bonchev–Trinajstić information content (AvgIpc) is 2.84. The van der Waals surface area contributed by atoms with Crippen LogP contribution in [0.2, 0.25) is 0 Å². The highest BCUT2D eigenvalue weighted by molar-refractivity contribution is 7.86. The quantitative estimate of drug-likeness (QED) is 0.763. The number of aryl methyl sites for hydroxylation is 1. The van der Waals surface area contributed by atoms with E-state index in [1.807, 2.05) is 6.92 Å². The van der Waals surface area contributed by atoms with Crippen molar-refractivity contribution in [3.8, 4) is 0 Å². The summed E-state index contributed by atoms with van der Waals surface area (Å²) >= 11 is 0.